The predicted octanol–water partition coefficient (Wildman–Crippen LogP) is 2.50. The summed E-state index contributed by atoms with van der Waals surface area (Å²) in [7, 11) is 0. The van der Waals surface area contributed by atoms with Gasteiger partial charge >= 0.3 is 0 Å². The molecule has 0 saturated carbocycles. The molecule has 0 radical (unpaired) electrons. The molecule has 7 heteroatoms. The molecule has 25 heavy (non-hydrogen) atoms. The molecule has 0 saturated heterocycles. The molecule has 0 aliphatic rings. The topological polar surface area (TPSA) is 78.2 Å². The summed E-state index contributed by atoms with van der Waals surface area (Å²) in [4.78, 5) is 17.9. The number of fused-ring (bicyclic) bond motifs is 1. The summed E-state index contributed by atoms with van der Waals surface area (Å²) < 4.78 is 3.14. The zero-order chi connectivity index (χ0) is 17.4. The van der Waals surface area contributed by atoms with Gasteiger partial charge in [-0.25, -0.2) is 4.98 Å². The maximum atomic E-state index is 12.8. The number of hydrogen-bond acceptors (Lipinski definition) is 5. The van der Waals surface area contributed by atoms with Crippen LogP contribution in [0.15, 0.2) is 69.9 Å². The van der Waals surface area contributed by atoms with Crippen molar-refractivity contribution in [3.8, 4) is 5.69 Å². The van der Waals surface area contributed by atoms with Crippen LogP contribution in [0.1, 0.15) is 5.82 Å². The van der Waals surface area contributed by atoms with Crippen molar-refractivity contribution in [2.24, 2.45) is 5.10 Å². The highest BCUT2D eigenvalue weighted by molar-refractivity contribution is 7.07. The molecule has 0 aliphatic carbocycles. The molecule has 4 aromatic rings. The SMILES string of the molecule is Cc1nc2ccccc2c(=O)n1/N=c1\scc(N)n1-c1ccccc1. The Kier molecular flexibility index (Phi) is 3.70. The number of thiazole rings is 1. The number of benzene rings is 2. The number of nitrogens with zero attached hydrogens (tertiary/aromatic N) is 4. The number of aryl methyl sites for hydroxylation is 1. The standard InChI is InChI=1S/C18H15N5OS/c1-12-20-15-10-6-5-9-14(15)17(24)23(12)21-18-22(16(19)11-25-18)13-7-3-2-4-8-13/h2-11H,19H2,1H3/b21-18-. The van der Waals surface area contributed by atoms with Crippen molar-refractivity contribution >= 4 is 28.1 Å². The Morgan fingerprint density at radius 1 is 1.08 bits per heavy atom. The summed E-state index contributed by atoms with van der Waals surface area (Å²) in [5.41, 5.74) is 7.46. The molecule has 2 aromatic heterocycles. The van der Waals surface area contributed by atoms with Crippen molar-refractivity contribution in [1.82, 2.24) is 14.2 Å². The van der Waals surface area contributed by atoms with E-state index in [0.717, 1.165) is 5.69 Å². The number of aromatic nitrogens is 3. The van der Waals surface area contributed by atoms with Gasteiger partial charge < -0.3 is 5.73 Å². The minimum absolute atomic E-state index is 0.199. The zero-order valence-electron chi connectivity index (χ0n) is 13.5. The minimum Gasteiger partial charge on any atom is -0.384 e. The Balaban J connectivity index is 2.00. The van der Waals surface area contributed by atoms with Gasteiger partial charge in [0.1, 0.15) is 11.6 Å². The summed E-state index contributed by atoms with van der Waals surface area (Å²) in [6, 6.07) is 16.9. The monoisotopic (exact) mass is 349 g/mol. The number of nitrogens with two attached hydrogens (primary N) is 1. The second kappa shape index (κ2) is 6.03. The van der Waals surface area contributed by atoms with Gasteiger partial charge in [-0.2, -0.15) is 4.68 Å². The number of para-hydroxylation sites is 2. The van der Waals surface area contributed by atoms with E-state index in [0.29, 0.717) is 27.3 Å². The normalized spacial score (nSPS) is 12.0. The number of nitrogen functional groups attached to an aromatic ring is 1. The van der Waals surface area contributed by atoms with Crippen LogP contribution in [0.25, 0.3) is 16.6 Å². The van der Waals surface area contributed by atoms with Gasteiger partial charge in [0.05, 0.1) is 10.9 Å². The smallest absolute Gasteiger partial charge is 0.282 e. The fourth-order valence-electron chi connectivity index (χ4n) is 2.67. The van der Waals surface area contributed by atoms with Gasteiger partial charge in [-0.3, -0.25) is 9.36 Å². The molecule has 0 aliphatic heterocycles. The van der Waals surface area contributed by atoms with Crippen LogP contribution < -0.4 is 16.1 Å². The van der Waals surface area contributed by atoms with Crippen LogP contribution in [0.2, 0.25) is 0 Å². The van der Waals surface area contributed by atoms with E-state index < -0.39 is 0 Å². The van der Waals surface area contributed by atoms with Crippen LogP contribution in [0.5, 0.6) is 0 Å². The van der Waals surface area contributed by atoms with Crippen LogP contribution in [0, 0.1) is 6.92 Å². The van der Waals surface area contributed by atoms with Crippen molar-refractivity contribution in [3.05, 3.63) is 81.0 Å². The Hall–Kier alpha value is -3.19. The molecule has 2 N–H and O–H groups in total. The molecule has 4 rings (SSSR count). The van der Waals surface area contributed by atoms with E-state index in [9.17, 15) is 4.79 Å². The van der Waals surface area contributed by atoms with Crippen molar-refractivity contribution < 1.29 is 0 Å². The molecule has 2 heterocycles. The maximum Gasteiger partial charge on any atom is 0.282 e. The first-order valence-electron chi connectivity index (χ1n) is 7.70. The molecule has 0 bridgehead atoms. The highest BCUT2D eigenvalue weighted by Gasteiger charge is 2.09. The predicted molar refractivity (Wildman–Crippen MR) is 99.8 cm³/mol. The molecular formula is C18H15N5OS. The van der Waals surface area contributed by atoms with E-state index in [1.807, 2.05) is 53.1 Å². The molecule has 0 spiro atoms. The highest BCUT2D eigenvalue weighted by atomic mass is 32.1. The van der Waals surface area contributed by atoms with Crippen molar-refractivity contribution in [2.45, 2.75) is 6.92 Å². The summed E-state index contributed by atoms with van der Waals surface area (Å²) in [6.07, 6.45) is 0. The van der Waals surface area contributed by atoms with Gasteiger partial charge in [0.2, 0.25) is 4.80 Å². The van der Waals surface area contributed by atoms with Gasteiger partial charge in [0, 0.05) is 11.1 Å². The molecule has 2 aromatic carbocycles. The first-order valence-corrected chi connectivity index (χ1v) is 8.58. The second-order valence-corrected chi connectivity index (χ2v) is 6.34. The highest BCUT2D eigenvalue weighted by Crippen LogP contribution is 2.13. The Bertz CT molecular complexity index is 1190. The maximum absolute atomic E-state index is 12.8. The third-order valence-corrected chi connectivity index (χ3v) is 4.68. The number of rotatable bonds is 2. The minimum atomic E-state index is -0.199. The fraction of sp³-hybridized carbons (Fsp3) is 0.0556. The first kappa shape index (κ1) is 15.3. The Morgan fingerprint density at radius 3 is 2.60 bits per heavy atom. The Labute approximate surface area is 147 Å². The average molecular weight is 349 g/mol. The van der Waals surface area contributed by atoms with Crippen LogP contribution in [-0.2, 0) is 0 Å². The van der Waals surface area contributed by atoms with Crippen LogP contribution in [0.4, 0.5) is 5.82 Å². The summed E-state index contributed by atoms with van der Waals surface area (Å²) in [6.45, 7) is 1.77. The molecule has 0 fully saturated rings. The van der Waals surface area contributed by atoms with Crippen molar-refractivity contribution in [2.75, 3.05) is 5.73 Å². The number of anilines is 1. The largest absolute Gasteiger partial charge is 0.384 e. The van der Waals surface area contributed by atoms with Gasteiger partial charge in [-0.05, 0) is 31.2 Å². The third kappa shape index (κ3) is 2.64. The van der Waals surface area contributed by atoms with Gasteiger partial charge in [-0.15, -0.1) is 16.4 Å². The van der Waals surface area contributed by atoms with Gasteiger partial charge in [-0.1, -0.05) is 30.3 Å². The average Bonchev–Trinajstić information content (AvgIpc) is 3.00. The van der Waals surface area contributed by atoms with Crippen LogP contribution in [0.3, 0.4) is 0 Å². The van der Waals surface area contributed by atoms with Crippen molar-refractivity contribution in [3.63, 3.8) is 0 Å². The molecule has 0 amide bonds. The second-order valence-electron chi connectivity index (χ2n) is 5.51. The van der Waals surface area contributed by atoms with E-state index in [2.05, 4.69) is 10.1 Å². The fourth-order valence-corrected chi connectivity index (χ4v) is 3.45. The van der Waals surface area contributed by atoms with Crippen LogP contribution >= 0.6 is 11.3 Å². The first-order chi connectivity index (χ1) is 12.1. The lowest BCUT2D eigenvalue weighted by Gasteiger charge is -2.07. The van der Waals surface area contributed by atoms with E-state index in [1.165, 1.54) is 16.0 Å². The molecule has 0 unspecified atom stereocenters. The molecule has 124 valence electrons. The lowest BCUT2D eigenvalue weighted by Crippen LogP contribution is -2.25. The lowest BCUT2D eigenvalue weighted by atomic mass is 10.2. The van der Waals surface area contributed by atoms with Crippen LogP contribution in [-0.4, -0.2) is 14.2 Å². The van der Waals surface area contributed by atoms with E-state index in [4.69, 9.17) is 5.73 Å². The lowest BCUT2D eigenvalue weighted by molar-refractivity contribution is 0.727. The number of hydrogen-bond donors (Lipinski definition) is 1. The summed E-state index contributed by atoms with van der Waals surface area (Å²) >= 11 is 1.37. The van der Waals surface area contributed by atoms with Gasteiger partial charge in [0.25, 0.3) is 5.56 Å². The molecule has 0 atom stereocenters. The zero-order valence-corrected chi connectivity index (χ0v) is 14.3. The molecule has 6 nitrogen and oxygen atoms in total. The third-order valence-electron chi connectivity index (χ3n) is 3.85. The molecular weight excluding hydrogens is 334 g/mol. The van der Waals surface area contributed by atoms with E-state index in [1.54, 1.807) is 18.4 Å². The summed E-state index contributed by atoms with van der Waals surface area (Å²) in [5.74, 6) is 1.09. The van der Waals surface area contributed by atoms with E-state index >= 15 is 0 Å². The Morgan fingerprint density at radius 2 is 1.80 bits per heavy atom. The van der Waals surface area contributed by atoms with Gasteiger partial charge in [0.15, 0.2) is 0 Å². The van der Waals surface area contributed by atoms with E-state index in [-0.39, 0.29) is 5.56 Å². The van der Waals surface area contributed by atoms with Crippen molar-refractivity contribution in [1.29, 1.82) is 0 Å². The summed E-state index contributed by atoms with van der Waals surface area (Å²) in [5, 5.41) is 6.87. The quantitative estimate of drug-likeness (QED) is 0.604.